The SMILES string of the molecule is C(=C\C1CCCCC1)/c1[nH]c2ccccc2c1/C=C/C1CCOCC1. The topological polar surface area (TPSA) is 25.0 Å². The molecule has 1 saturated carbocycles. The van der Waals surface area contributed by atoms with E-state index in [0.29, 0.717) is 5.92 Å². The highest BCUT2D eigenvalue weighted by atomic mass is 16.5. The van der Waals surface area contributed by atoms with Gasteiger partial charge in [0.05, 0.1) is 0 Å². The van der Waals surface area contributed by atoms with Gasteiger partial charge in [-0.1, -0.05) is 55.7 Å². The predicted molar refractivity (Wildman–Crippen MR) is 106 cm³/mol. The van der Waals surface area contributed by atoms with Crippen LogP contribution in [0, 0.1) is 11.8 Å². The number of aromatic nitrogens is 1. The van der Waals surface area contributed by atoms with Crippen molar-refractivity contribution < 1.29 is 4.74 Å². The first-order valence-electron chi connectivity index (χ1n) is 9.95. The smallest absolute Gasteiger partial charge is 0.0471 e. The van der Waals surface area contributed by atoms with Gasteiger partial charge in [0.2, 0.25) is 0 Å². The van der Waals surface area contributed by atoms with E-state index in [4.69, 9.17) is 4.74 Å². The number of fused-ring (bicyclic) bond motifs is 1. The first-order valence-corrected chi connectivity index (χ1v) is 9.95. The summed E-state index contributed by atoms with van der Waals surface area (Å²) in [4.78, 5) is 3.63. The van der Waals surface area contributed by atoms with Gasteiger partial charge in [-0.3, -0.25) is 0 Å². The molecule has 2 heteroatoms. The summed E-state index contributed by atoms with van der Waals surface area (Å²) < 4.78 is 5.49. The Balaban J connectivity index is 1.60. The number of ether oxygens (including phenoxy) is 1. The lowest BCUT2D eigenvalue weighted by molar-refractivity contribution is 0.0787. The highest BCUT2D eigenvalue weighted by molar-refractivity contribution is 5.93. The molecule has 2 fully saturated rings. The first-order chi connectivity index (χ1) is 12.4. The lowest BCUT2D eigenvalue weighted by Gasteiger charge is -2.18. The number of hydrogen-bond donors (Lipinski definition) is 1. The van der Waals surface area contributed by atoms with Gasteiger partial charge in [-0.2, -0.15) is 0 Å². The molecule has 0 bridgehead atoms. The molecule has 4 rings (SSSR count). The minimum Gasteiger partial charge on any atom is -0.381 e. The van der Waals surface area contributed by atoms with Gasteiger partial charge in [0.25, 0.3) is 0 Å². The van der Waals surface area contributed by atoms with Crippen LogP contribution < -0.4 is 0 Å². The van der Waals surface area contributed by atoms with E-state index in [-0.39, 0.29) is 0 Å². The van der Waals surface area contributed by atoms with Crippen molar-refractivity contribution >= 4 is 23.1 Å². The van der Waals surface area contributed by atoms with E-state index >= 15 is 0 Å². The summed E-state index contributed by atoms with van der Waals surface area (Å²) in [6.45, 7) is 1.80. The molecule has 1 saturated heterocycles. The first kappa shape index (κ1) is 16.7. The number of allylic oxidation sites excluding steroid dienone is 2. The standard InChI is InChI=1S/C23H29NO/c1-2-6-18(7-3-1)11-13-23-21(12-10-19-14-16-25-17-15-19)20-8-4-5-9-22(20)24-23/h4-5,8-13,18-19,24H,1-3,6-7,14-17H2/b12-10+,13-11+. The van der Waals surface area contributed by atoms with E-state index in [9.17, 15) is 0 Å². The van der Waals surface area contributed by atoms with Crippen molar-refractivity contribution in [3.63, 3.8) is 0 Å². The van der Waals surface area contributed by atoms with E-state index in [0.717, 1.165) is 32.0 Å². The van der Waals surface area contributed by atoms with Crippen LogP contribution in [-0.2, 0) is 4.74 Å². The zero-order valence-corrected chi connectivity index (χ0v) is 15.0. The summed E-state index contributed by atoms with van der Waals surface area (Å²) >= 11 is 0. The van der Waals surface area contributed by atoms with E-state index in [1.807, 2.05) is 0 Å². The van der Waals surface area contributed by atoms with Gasteiger partial charge in [0.15, 0.2) is 0 Å². The Morgan fingerprint density at radius 1 is 0.840 bits per heavy atom. The van der Waals surface area contributed by atoms with Gasteiger partial charge >= 0.3 is 0 Å². The van der Waals surface area contributed by atoms with Crippen LogP contribution in [0.5, 0.6) is 0 Å². The minimum absolute atomic E-state index is 0.651. The van der Waals surface area contributed by atoms with Crippen LogP contribution in [0.25, 0.3) is 23.1 Å². The molecule has 0 atom stereocenters. The van der Waals surface area contributed by atoms with Crippen molar-refractivity contribution in [2.45, 2.75) is 44.9 Å². The lowest BCUT2D eigenvalue weighted by Crippen LogP contribution is -2.13. The number of para-hydroxylation sites is 1. The average Bonchev–Trinajstić information content (AvgIpc) is 3.04. The number of H-pyrrole nitrogens is 1. The molecule has 1 aromatic carbocycles. The largest absolute Gasteiger partial charge is 0.381 e. The lowest BCUT2D eigenvalue weighted by atomic mass is 9.89. The molecule has 2 aliphatic rings. The molecule has 2 aromatic rings. The van der Waals surface area contributed by atoms with Crippen molar-refractivity contribution in [2.24, 2.45) is 11.8 Å². The van der Waals surface area contributed by atoms with E-state index < -0.39 is 0 Å². The Morgan fingerprint density at radius 3 is 2.40 bits per heavy atom. The monoisotopic (exact) mass is 335 g/mol. The molecule has 2 heterocycles. The molecular formula is C23H29NO. The maximum Gasteiger partial charge on any atom is 0.0471 e. The summed E-state index contributed by atoms with van der Waals surface area (Å²) in [5, 5.41) is 1.33. The average molecular weight is 335 g/mol. The van der Waals surface area contributed by atoms with Gasteiger partial charge in [-0.15, -0.1) is 0 Å². The Morgan fingerprint density at radius 2 is 1.56 bits per heavy atom. The van der Waals surface area contributed by atoms with Gasteiger partial charge < -0.3 is 9.72 Å². The van der Waals surface area contributed by atoms with E-state index in [1.165, 1.54) is 54.3 Å². The number of aromatic amines is 1. The number of hydrogen-bond acceptors (Lipinski definition) is 1. The maximum absolute atomic E-state index is 5.49. The summed E-state index contributed by atoms with van der Waals surface area (Å²) in [6, 6.07) is 8.66. The maximum atomic E-state index is 5.49. The Hall–Kier alpha value is -1.80. The Bertz CT molecular complexity index is 743. The van der Waals surface area contributed by atoms with Crippen LogP contribution in [-0.4, -0.2) is 18.2 Å². The Kier molecular flexibility index (Phi) is 5.37. The van der Waals surface area contributed by atoms with Crippen molar-refractivity contribution in [3.8, 4) is 0 Å². The van der Waals surface area contributed by atoms with Crippen molar-refractivity contribution in [1.82, 2.24) is 4.98 Å². The van der Waals surface area contributed by atoms with Crippen LogP contribution in [0.15, 0.2) is 36.4 Å². The number of nitrogens with one attached hydrogen (secondary N) is 1. The number of rotatable bonds is 4. The zero-order valence-electron chi connectivity index (χ0n) is 15.0. The van der Waals surface area contributed by atoms with Crippen LogP contribution in [0.4, 0.5) is 0 Å². The molecule has 1 aliphatic carbocycles. The second-order valence-electron chi connectivity index (χ2n) is 7.56. The second-order valence-corrected chi connectivity index (χ2v) is 7.56. The fourth-order valence-electron chi connectivity index (χ4n) is 4.19. The minimum atomic E-state index is 0.651. The van der Waals surface area contributed by atoms with Crippen LogP contribution in [0.1, 0.15) is 56.2 Å². The fraction of sp³-hybridized carbons (Fsp3) is 0.478. The summed E-state index contributed by atoms with van der Waals surface area (Å²) in [5.74, 6) is 1.41. The quantitative estimate of drug-likeness (QED) is 0.707. The molecule has 1 N–H and O–H groups in total. The molecule has 0 unspecified atom stereocenters. The molecular weight excluding hydrogens is 306 g/mol. The predicted octanol–water partition coefficient (Wildman–Crippen LogP) is 6.20. The van der Waals surface area contributed by atoms with Gasteiger partial charge in [-0.25, -0.2) is 0 Å². The molecule has 132 valence electrons. The molecule has 0 radical (unpaired) electrons. The van der Waals surface area contributed by atoms with Crippen LogP contribution >= 0.6 is 0 Å². The molecule has 1 aliphatic heterocycles. The fourth-order valence-corrected chi connectivity index (χ4v) is 4.19. The third kappa shape index (κ3) is 4.07. The summed E-state index contributed by atoms with van der Waals surface area (Å²) in [6.07, 6.45) is 18.7. The second kappa shape index (κ2) is 8.05. The zero-order chi connectivity index (χ0) is 16.9. The third-order valence-corrected chi connectivity index (χ3v) is 5.76. The molecule has 2 nitrogen and oxygen atoms in total. The van der Waals surface area contributed by atoms with E-state index in [1.54, 1.807) is 0 Å². The molecule has 0 spiro atoms. The third-order valence-electron chi connectivity index (χ3n) is 5.76. The van der Waals surface area contributed by atoms with E-state index in [2.05, 4.69) is 53.6 Å². The van der Waals surface area contributed by atoms with Gasteiger partial charge in [0, 0.05) is 35.4 Å². The van der Waals surface area contributed by atoms with Crippen molar-refractivity contribution in [3.05, 3.63) is 47.7 Å². The summed E-state index contributed by atoms with van der Waals surface area (Å²) in [7, 11) is 0. The Labute approximate surface area is 151 Å². The van der Waals surface area contributed by atoms with Crippen molar-refractivity contribution in [1.29, 1.82) is 0 Å². The molecule has 1 aromatic heterocycles. The summed E-state index contributed by atoms with van der Waals surface area (Å²) in [5.41, 5.74) is 3.83. The molecule has 25 heavy (non-hydrogen) atoms. The highest BCUT2D eigenvalue weighted by Gasteiger charge is 2.13. The normalized spacial score (nSPS) is 21.0. The van der Waals surface area contributed by atoms with Crippen LogP contribution in [0.3, 0.4) is 0 Å². The van der Waals surface area contributed by atoms with Crippen LogP contribution in [0.2, 0.25) is 0 Å². The molecule has 0 amide bonds. The number of benzene rings is 1. The highest BCUT2D eigenvalue weighted by Crippen LogP contribution is 2.29. The van der Waals surface area contributed by atoms with Gasteiger partial charge in [0.1, 0.15) is 0 Å². The van der Waals surface area contributed by atoms with Gasteiger partial charge in [-0.05, 0) is 49.7 Å². The van der Waals surface area contributed by atoms with Crippen molar-refractivity contribution in [2.75, 3.05) is 13.2 Å².